The quantitative estimate of drug-likeness (QED) is 0.631. The van der Waals surface area contributed by atoms with Gasteiger partial charge in [0, 0.05) is 43.9 Å². The third-order valence-electron chi connectivity index (χ3n) is 3.46. The number of benzene rings is 1. The van der Waals surface area contributed by atoms with Crippen molar-refractivity contribution in [3.8, 4) is 0 Å². The molecule has 3 N–H and O–H groups in total. The van der Waals surface area contributed by atoms with E-state index in [1.54, 1.807) is 7.05 Å². The van der Waals surface area contributed by atoms with Crippen LogP contribution in [0.25, 0.3) is 0 Å². The molecule has 0 radical (unpaired) electrons. The van der Waals surface area contributed by atoms with Gasteiger partial charge in [0.25, 0.3) is 0 Å². The van der Waals surface area contributed by atoms with Crippen molar-refractivity contribution in [2.45, 2.75) is 0 Å². The number of rotatable bonds is 3. The van der Waals surface area contributed by atoms with Crippen LogP contribution in [0.15, 0.2) is 29.3 Å². The van der Waals surface area contributed by atoms with Crippen molar-refractivity contribution in [2.24, 2.45) is 10.7 Å². The van der Waals surface area contributed by atoms with Gasteiger partial charge in [-0.15, -0.1) is 0 Å². The minimum atomic E-state index is -0.141. The second kappa shape index (κ2) is 7.17. The van der Waals surface area contributed by atoms with Crippen molar-refractivity contribution in [1.29, 1.82) is 0 Å². The Hall–Kier alpha value is -1.95. The highest BCUT2D eigenvalue weighted by molar-refractivity contribution is 6.30. The predicted octanol–water partition coefficient (Wildman–Crippen LogP) is 0.523. The van der Waals surface area contributed by atoms with Crippen LogP contribution in [0.3, 0.4) is 0 Å². The van der Waals surface area contributed by atoms with Crippen LogP contribution in [0.4, 0.5) is 5.69 Å². The Bertz CT molecular complexity index is 509. The summed E-state index contributed by atoms with van der Waals surface area (Å²) in [5.74, 6) is 0.284. The van der Waals surface area contributed by atoms with E-state index in [1.165, 1.54) is 0 Å². The smallest absolute Gasteiger partial charge is 0.241 e. The Labute approximate surface area is 129 Å². The van der Waals surface area contributed by atoms with Gasteiger partial charge in [0.1, 0.15) is 6.54 Å². The molecule has 0 saturated carbocycles. The zero-order chi connectivity index (χ0) is 15.2. The summed E-state index contributed by atoms with van der Waals surface area (Å²) in [7, 11) is 1.58. The Morgan fingerprint density at radius 2 is 1.90 bits per heavy atom. The highest BCUT2D eigenvalue weighted by Gasteiger charge is 2.18. The fourth-order valence-electron chi connectivity index (χ4n) is 2.18. The molecule has 21 heavy (non-hydrogen) atoms. The molecule has 1 aliphatic heterocycles. The number of halogens is 1. The highest BCUT2D eigenvalue weighted by atomic mass is 35.5. The minimum absolute atomic E-state index is 0.0692. The van der Waals surface area contributed by atoms with Crippen LogP contribution in [0, 0.1) is 0 Å². The molecule has 1 fully saturated rings. The average molecular weight is 310 g/mol. The lowest BCUT2D eigenvalue weighted by Crippen LogP contribution is -2.51. The lowest BCUT2D eigenvalue weighted by molar-refractivity contribution is -0.119. The molecule has 1 heterocycles. The molecular weight excluding hydrogens is 290 g/mol. The summed E-state index contributed by atoms with van der Waals surface area (Å²) in [5.41, 5.74) is 7.07. The molecule has 0 spiro atoms. The van der Waals surface area contributed by atoms with Gasteiger partial charge in [-0.25, -0.2) is 4.99 Å². The van der Waals surface area contributed by atoms with Crippen LogP contribution in [0.2, 0.25) is 5.02 Å². The number of carbonyl (C=O) groups is 1. The molecule has 1 aromatic rings. The van der Waals surface area contributed by atoms with E-state index >= 15 is 0 Å². The summed E-state index contributed by atoms with van der Waals surface area (Å²) < 4.78 is 0. The summed E-state index contributed by atoms with van der Waals surface area (Å²) in [6.45, 7) is 3.35. The molecule has 0 bridgehead atoms. The van der Waals surface area contributed by atoms with Crippen molar-refractivity contribution < 1.29 is 4.79 Å². The first-order chi connectivity index (χ1) is 10.1. The van der Waals surface area contributed by atoms with Gasteiger partial charge in [-0.05, 0) is 24.3 Å². The minimum Gasteiger partial charge on any atom is -0.370 e. The largest absolute Gasteiger partial charge is 0.370 e. The van der Waals surface area contributed by atoms with Crippen LogP contribution in [-0.2, 0) is 4.79 Å². The summed E-state index contributed by atoms with van der Waals surface area (Å²) in [4.78, 5) is 19.5. The summed E-state index contributed by atoms with van der Waals surface area (Å²) in [6, 6.07) is 7.81. The molecule has 6 nitrogen and oxygen atoms in total. The molecule has 0 atom stereocenters. The van der Waals surface area contributed by atoms with E-state index in [1.807, 2.05) is 29.2 Å². The lowest BCUT2D eigenvalue weighted by atomic mass is 10.2. The predicted molar refractivity (Wildman–Crippen MR) is 85.8 cm³/mol. The number of nitrogens with two attached hydrogens (primary N) is 1. The molecule has 0 aromatic heterocycles. The number of hydrogen-bond donors (Lipinski definition) is 2. The van der Waals surface area contributed by atoms with E-state index in [9.17, 15) is 4.79 Å². The average Bonchev–Trinajstić information content (AvgIpc) is 2.53. The van der Waals surface area contributed by atoms with Crippen molar-refractivity contribution >= 4 is 29.2 Å². The van der Waals surface area contributed by atoms with Gasteiger partial charge >= 0.3 is 0 Å². The van der Waals surface area contributed by atoms with Crippen LogP contribution in [-0.4, -0.2) is 56.5 Å². The van der Waals surface area contributed by atoms with E-state index in [-0.39, 0.29) is 12.5 Å². The van der Waals surface area contributed by atoms with Gasteiger partial charge in [-0.3, -0.25) is 4.79 Å². The standard InChI is InChI=1S/C14H20ClN5O/c1-17-13(21)10-18-14(16)20-8-6-19(7-9-20)12-4-2-11(15)3-5-12/h2-5H,6-10H2,1H3,(H2,16,18)(H,17,21). The van der Waals surface area contributed by atoms with E-state index in [0.717, 1.165) is 36.9 Å². The first-order valence-electron chi connectivity index (χ1n) is 6.86. The van der Waals surface area contributed by atoms with Crippen LogP contribution in [0.1, 0.15) is 0 Å². The maximum Gasteiger partial charge on any atom is 0.241 e. The number of nitrogens with one attached hydrogen (secondary N) is 1. The van der Waals surface area contributed by atoms with E-state index in [2.05, 4.69) is 15.2 Å². The summed E-state index contributed by atoms with van der Waals surface area (Å²) in [5, 5.41) is 3.26. The molecule has 1 saturated heterocycles. The maximum absolute atomic E-state index is 11.2. The van der Waals surface area contributed by atoms with Gasteiger partial charge in [0.15, 0.2) is 5.96 Å². The number of guanidine groups is 1. The maximum atomic E-state index is 11.2. The number of hydrogen-bond acceptors (Lipinski definition) is 3. The van der Waals surface area contributed by atoms with Crippen LogP contribution < -0.4 is 16.0 Å². The third kappa shape index (κ3) is 4.26. The number of piperazine rings is 1. The molecule has 7 heteroatoms. The molecule has 1 amide bonds. The molecule has 0 aliphatic carbocycles. The SMILES string of the molecule is CNC(=O)CN=C(N)N1CCN(c2ccc(Cl)cc2)CC1. The normalized spacial score (nSPS) is 16.0. The topological polar surface area (TPSA) is 74.0 Å². The summed E-state index contributed by atoms with van der Waals surface area (Å²) >= 11 is 5.90. The number of carbonyl (C=O) groups excluding carboxylic acids is 1. The summed E-state index contributed by atoms with van der Waals surface area (Å²) in [6.07, 6.45) is 0. The number of aliphatic imine (C=N–C) groups is 1. The molecule has 1 aromatic carbocycles. The first kappa shape index (κ1) is 15.4. The monoisotopic (exact) mass is 309 g/mol. The molecule has 0 unspecified atom stereocenters. The Kier molecular flexibility index (Phi) is 5.27. The third-order valence-corrected chi connectivity index (χ3v) is 3.71. The zero-order valence-electron chi connectivity index (χ0n) is 12.1. The molecular formula is C14H20ClN5O. The van der Waals surface area contributed by atoms with E-state index in [4.69, 9.17) is 17.3 Å². The van der Waals surface area contributed by atoms with Gasteiger partial charge in [0.05, 0.1) is 0 Å². The first-order valence-corrected chi connectivity index (χ1v) is 7.24. The zero-order valence-corrected chi connectivity index (χ0v) is 12.8. The number of likely N-dealkylation sites (N-methyl/N-ethyl adjacent to an activating group) is 1. The van der Waals surface area contributed by atoms with Crippen LogP contribution >= 0.6 is 11.6 Å². The van der Waals surface area contributed by atoms with Crippen molar-refractivity contribution in [3.05, 3.63) is 29.3 Å². The van der Waals surface area contributed by atoms with Gasteiger partial charge < -0.3 is 20.9 Å². The second-order valence-electron chi connectivity index (χ2n) is 4.80. The highest BCUT2D eigenvalue weighted by Crippen LogP contribution is 2.19. The van der Waals surface area contributed by atoms with Gasteiger partial charge in [0.2, 0.25) is 5.91 Å². The fraction of sp³-hybridized carbons (Fsp3) is 0.429. The molecule has 2 rings (SSSR count). The number of nitrogens with zero attached hydrogens (tertiary/aromatic N) is 3. The second-order valence-corrected chi connectivity index (χ2v) is 5.23. The lowest BCUT2D eigenvalue weighted by Gasteiger charge is -2.36. The van der Waals surface area contributed by atoms with E-state index < -0.39 is 0 Å². The van der Waals surface area contributed by atoms with E-state index in [0.29, 0.717) is 5.96 Å². The van der Waals surface area contributed by atoms with Crippen molar-refractivity contribution in [1.82, 2.24) is 10.2 Å². The van der Waals surface area contributed by atoms with Gasteiger partial charge in [-0.2, -0.15) is 0 Å². The van der Waals surface area contributed by atoms with Crippen molar-refractivity contribution in [3.63, 3.8) is 0 Å². The van der Waals surface area contributed by atoms with Crippen LogP contribution in [0.5, 0.6) is 0 Å². The van der Waals surface area contributed by atoms with Gasteiger partial charge in [-0.1, -0.05) is 11.6 Å². The Balaban J connectivity index is 1.88. The fourth-order valence-corrected chi connectivity index (χ4v) is 2.30. The van der Waals surface area contributed by atoms with Crippen molar-refractivity contribution in [2.75, 3.05) is 44.7 Å². The molecule has 114 valence electrons. The molecule has 1 aliphatic rings. The Morgan fingerprint density at radius 1 is 1.29 bits per heavy atom. The Morgan fingerprint density at radius 3 is 2.48 bits per heavy atom. The number of anilines is 1. The number of amides is 1.